The highest BCUT2D eigenvalue weighted by Crippen LogP contribution is 2.65. The van der Waals surface area contributed by atoms with Crippen LogP contribution in [0.25, 0.3) is 0 Å². The zero-order chi connectivity index (χ0) is 28.9. The molecule has 4 amide bonds. The Bertz CT molecular complexity index is 1250. The third-order valence-electron chi connectivity index (χ3n) is 8.76. The molecule has 6 atom stereocenters. The summed E-state index contributed by atoms with van der Waals surface area (Å²) in [5, 5.41) is 8.86. The van der Waals surface area contributed by atoms with E-state index in [0.29, 0.717) is 30.3 Å². The van der Waals surface area contributed by atoms with Gasteiger partial charge >= 0.3 is 0 Å². The number of hydrogen-bond donors (Lipinski definition) is 3. The van der Waals surface area contributed by atoms with Gasteiger partial charge in [-0.3, -0.25) is 24.0 Å². The number of fused-ring (bicyclic) bond motifs is 1. The van der Waals surface area contributed by atoms with Gasteiger partial charge in [0.15, 0.2) is 6.10 Å². The summed E-state index contributed by atoms with van der Waals surface area (Å²) in [6.45, 7) is 6.52. The summed E-state index contributed by atoms with van der Waals surface area (Å²) in [6, 6.07) is 2.63. The van der Waals surface area contributed by atoms with Gasteiger partial charge in [-0.2, -0.15) is 0 Å². The van der Waals surface area contributed by atoms with Crippen LogP contribution >= 0.6 is 23.2 Å². The topological polar surface area (TPSA) is 134 Å². The Balaban J connectivity index is 1.33. The zero-order valence-corrected chi connectivity index (χ0v) is 24.2. The lowest BCUT2D eigenvalue weighted by atomic mass is 9.94. The number of hydrogen-bond acceptors (Lipinski definition) is 6. The van der Waals surface area contributed by atoms with E-state index in [1.807, 2.05) is 13.8 Å². The number of benzene rings is 1. The van der Waals surface area contributed by atoms with Gasteiger partial charge in [0.2, 0.25) is 17.6 Å². The minimum Gasteiger partial charge on any atom is -0.479 e. The second kappa shape index (κ2) is 10.9. The number of carbonyl (C=O) groups excluding carboxylic acids is 5. The predicted molar refractivity (Wildman–Crippen MR) is 147 cm³/mol. The number of ketones is 1. The van der Waals surface area contributed by atoms with E-state index in [1.165, 1.54) is 11.0 Å². The first-order valence-corrected chi connectivity index (χ1v) is 14.5. The van der Waals surface area contributed by atoms with Crippen molar-refractivity contribution in [3.05, 3.63) is 28.2 Å². The highest BCUT2D eigenvalue weighted by atomic mass is 35.5. The monoisotopic (exact) mass is 592 g/mol. The van der Waals surface area contributed by atoms with Crippen molar-refractivity contribution in [3.8, 4) is 5.75 Å². The number of halogens is 2. The summed E-state index contributed by atoms with van der Waals surface area (Å²) in [5.74, 6) is -2.87. The lowest BCUT2D eigenvalue weighted by Crippen LogP contribution is -2.57. The predicted octanol–water partition coefficient (Wildman–Crippen LogP) is 2.10. The summed E-state index contributed by atoms with van der Waals surface area (Å²) < 4.78 is 5.83. The molecule has 1 aromatic carbocycles. The van der Waals surface area contributed by atoms with Gasteiger partial charge in [-0.25, -0.2) is 0 Å². The summed E-state index contributed by atoms with van der Waals surface area (Å²) in [5.41, 5.74) is -0.170. The van der Waals surface area contributed by atoms with Gasteiger partial charge in [-0.05, 0) is 68.1 Å². The molecule has 0 spiro atoms. The van der Waals surface area contributed by atoms with Crippen LogP contribution in [0.2, 0.25) is 10.0 Å². The third-order valence-corrected chi connectivity index (χ3v) is 9.29. The van der Waals surface area contributed by atoms with Crippen molar-refractivity contribution in [2.45, 2.75) is 70.7 Å². The van der Waals surface area contributed by atoms with E-state index in [0.717, 1.165) is 12.8 Å². The van der Waals surface area contributed by atoms with Gasteiger partial charge < -0.3 is 25.6 Å². The first-order chi connectivity index (χ1) is 18.9. The van der Waals surface area contributed by atoms with Gasteiger partial charge in [0, 0.05) is 30.1 Å². The Labute approximate surface area is 242 Å². The molecule has 2 aliphatic carbocycles. The van der Waals surface area contributed by atoms with Gasteiger partial charge in [0.25, 0.3) is 11.8 Å². The Kier molecular flexibility index (Phi) is 7.78. The Morgan fingerprint density at radius 1 is 1.18 bits per heavy atom. The Morgan fingerprint density at radius 3 is 2.52 bits per heavy atom. The lowest BCUT2D eigenvalue weighted by Gasteiger charge is -2.33. The second-order valence-corrected chi connectivity index (χ2v) is 12.8. The van der Waals surface area contributed by atoms with E-state index in [9.17, 15) is 24.0 Å². The number of carbonyl (C=O) groups is 5. The molecule has 0 unspecified atom stereocenters. The molecular weight excluding hydrogens is 559 g/mol. The molecule has 40 heavy (non-hydrogen) atoms. The maximum Gasteiger partial charge on any atom is 0.289 e. The van der Waals surface area contributed by atoms with E-state index in [4.69, 9.17) is 27.9 Å². The number of amides is 4. The lowest BCUT2D eigenvalue weighted by molar-refractivity contribution is -0.146. The minimum atomic E-state index is -1.18. The normalized spacial score (nSPS) is 27.7. The number of likely N-dealkylation sites (tertiary alicyclic amines) is 1. The van der Waals surface area contributed by atoms with Gasteiger partial charge in [-0.15, -0.1) is 0 Å². The maximum atomic E-state index is 13.8. The molecule has 2 heterocycles. The molecule has 2 saturated heterocycles. The van der Waals surface area contributed by atoms with Crippen LogP contribution in [-0.2, 0) is 24.0 Å². The summed E-state index contributed by atoms with van der Waals surface area (Å²) >= 11 is 12.2. The average molecular weight is 594 g/mol. The fourth-order valence-corrected chi connectivity index (χ4v) is 6.60. The molecule has 12 heteroatoms. The van der Waals surface area contributed by atoms with Crippen LogP contribution in [0.1, 0.15) is 46.5 Å². The van der Waals surface area contributed by atoms with Crippen LogP contribution in [0, 0.1) is 23.2 Å². The third kappa shape index (κ3) is 5.65. The molecule has 0 radical (unpaired) electrons. The fourth-order valence-electron chi connectivity index (χ4n) is 6.14. The van der Waals surface area contributed by atoms with E-state index >= 15 is 0 Å². The first-order valence-electron chi connectivity index (χ1n) is 13.7. The van der Waals surface area contributed by atoms with Crippen LogP contribution in [0.4, 0.5) is 0 Å². The summed E-state index contributed by atoms with van der Waals surface area (Å²) in [4.78, 5) is 67.0. The smallest absolute Gasteiger partial charge is 0.289 e. The van der Waals surface area contributed by atoms with Crippen LogP contribution in [0.15, 0.2) is 18.2 Å². The van der Waals surface area contributed by atoms with Crippen LogP contribution in [0.3, 0.4) is 0 Å². The van der Waals surface area contributed by atoms with Crippen molar-refractivity contribution in [1.29, 1.82) is 0 Å². The van der Waals surface area contributed by atoms with E-state index in [2.05, 4.69) is 16.0 Å². The fraction of sp³-hybridized carbons (Fsp3) is 0.607. The number of piperidine rings is 1. The molecule has 0 bridgehead atoms. The van der Waals surface area contributed by atoms with Crippen molar-refractivity contribution in [2.24, 2.45) is 23.2 Å². The number of Topliss-reactive ketones (excluding diaryl/α,β-unsaturated/α-hetero) is 1. The first kappa shape index (κ1) is 28.7. The Hall–Kier alpha value is -2.85. The van der Waals surface area contributed by atoms with Gasteiger partial charge in [-0.1, -0.05) is 37.0 Å². The minimum absolute atomic E-state index is 0.0151. The van der Waals surface area contributed by atoms with E-state index in [-0.39, 0.29) is 40.6 Å². The zero-order valence-electron chi connectivity index (χ0n) is 22.7. The van der Waals surface area contributed by atoms with Crippen LogP contribution in [0.5, 0.6) is 5.75 Å². The molecule has 1 aromatic rings. The highest BCUT2D eigenvalue weighted by molar-refractivity contribution is 6.38. The SMILES string of the molecule is C[C@@H](Oc1ccc(Cl)cc1Cl)C(=O)N1C[C@H]2[C@@H]([C@H]1C(=O)N[C@@H](C[C@@H]1CCNC1=O)C(=O)C(=O)NC1CC1)C2(C)C. The van der Waals surface area contributed by atoms with Crippen molar-refractivity contribution < 1.29 is 28.7 Å². The molecule has 2 aliphatic heterocycles. The number of nitrogens with zero attached hydrogens (tertiary/aromatic N) is 1. The maximum absolute atomic E-state index is 13.8. The molecule has 3 N–H and O–H groups in total. The van der Waals surface area contributed by atoms with Crippen LogP contribution < -0.4 is 20.7 Å². The average Bonchev–Trinajstić information content (AvgIpc) is 3.66. The summed E-state index contributed by atoms with van der Waals surface area (Å²) in [6.07, 6.45) is 1.19. The van der Waals surface area contributed by atoms with Crippen molar-refractivity contribution in [1.82, 2.24) is 20.9 Å². The number of ether oxygens (including phenoxy) is 1. The van der Waals surface area contributed by atoms with Crippen molar-refractivity contribution in [2.75, 3.05) is 13.1 Å². The molecule has 0 aromatic heterocycles. The molecular formula is C28H34Cl2N4O6. The van der Waals surface area contributed by atoms with E-state index < -0.39 is 47.6 Å². The molecule has 2 saturated carbocycles. The summed E-state index contributed by atoms with van der Waals surface area (Å²) in [7, 11) is 0. The van der Waals surface area contributed by atoms with Crippen LogP contribution in [-0.4, -0.2) is 71.6 Å². The van der Waals surface area contributed by atoms with Gasteiger partial charge in [0.05, 0.1) is 11.1 Å². The second-order valence-electron chi connectivity index (χ2n) is 11.9. The number of nitrogens with one attached hydrogen (secondary N) is 3. The quantitative estimate of drug-likeness (QED) is 0.356. The Morgan fingerprint density at radius 2 is 1.90 bits per heavy atom. The highest BCUT2D eigenvalue weighted by Gasteiger charge is 2.69. The van der Waals surface area contributed by atoms with Crippen molar-refractivity contribution >= 4 is 52.6 Å². The van der Waals surface area contributed by atoms with Gasteiger partial charge in [0.1, 0.15) is 11.8 Å². The number of rotatable bonds is 10. The van der Waals surface area contributed by atoms with Crippen molar-refractivity contribution in [3.63, 3.8) is 0 Å². The molecule has 4 fully saturated rings. The molecule has 4 aliphatic rings. The standard InChI is InChI=1S/C28H34Cl2N4O6/c1-13(40-20-7-4-15(29)11-18(20)30)27(39)34-12-17-21(28(17,2)3)22(34)25(37)33-19(10-14-8-9-31-24(14)36)23(35)26(38)32-16-5-6-16/h4,7,11,13-14,16-17,19,21-22H,5-6,8-10,12H2,1-3H3,(H,31,36)(H,32,38)(H,33,37)/t13-,14+,17+,19+,21+,22+/m1/s1. The largest absolute Gasteiger partial charge is 0.479 e. The molecule has 5 rings (SSSR count). The molecule has 216 valence electrons. The molecule has 10 nitrogen and oxygen atoms in total. The van der Waals surface area contributed by atoms with E-state index in [1.54, 1.807) is 19.1 Å².